The lowest BCUT2D eigenvalue weighted by Gasteiger charge is -2.32. The van der Waals surface area contributed by atoms with E-state index in [2.05, 4.69) is 0 Å². The maximum absolute atomic E-state index is 6.24. The number of nitrogens with two attached hydrogens (primary N) is 5. The van der Waals surface area contributed by atoms with E-state index in [1.54, 1.807) is 24.3 Å². The molecule has 0 saturated heterocycles. The summed E-state index contributed by atoms with van der Waals surface area (Å²) in [4.78, 5) is 0. The van der Waals surface area contributed by atoms with Crippen LogP contribution in [0.1, 0.15) is 17.2 Å². The second-order valence-electron chi connectivity index (χ2n) is 5.38. The summed E-state index contributed by atoms with van der Waals surface area (Å²) in [5, 5.41) is 0. The van der Waals surface area contributed by atoms with Gasteiger partial charge in [0.25, 0.3) is 0 Å². The minimum atomic E-state index is -0.304. The summed E-state index contributed by atoms with van der Waals surface area (Å²) >= 11 is 0. The Morgan fingerprint density at radius 1 is 0.905 bits per heavy atom. The van der Waals surface area contributed by atoms with Crippen molar-refractivity contribution in [1.82, 2.24) is 0 Å². The molecule has 2 unspecified atom stereocenters. The highest BCUT2D eigenvalue weighted by Crippen LogP contribution is 2.39. The molecule has 0 spiro atoms. The molecule has 2 atom stereocenters. The average molecular weight is 285 g/mol. The molecule has 0 bridgehead atoms. The zero-order valence-corrected chi connectivity index (χ0v) is 11.5. The van der Waals surface area contributed by atoms with Gasteiger partial charge >= 0.3 is 0 Å². The smallest absolute Gasteiger partial charge is 0.139 e. The van der Waals surface area contributed by atoms with Crippen LogP contribution in [0.5, 0.6) is 5.75 Å². The molecule has 2 aromatic carbocycles. The third-order valence-corrected chi connectivity index (χ3v) is 3.79. The lowest BCUT2D eigenvalue weighted by molar-refractivity contribution is 0.154. The highest BCUT2D eigenvalue weighted by Gasteiger charge is 2.30. The van der Waals surface area contributed by atoms with Gasteiger partial charge in [-0.15, -0.1) is 0 Å². The lowest BCUT2D eigenvalue weighted by Crippen LogP contribution is -2.38. The molecule has 0 amide bonds. The Morgan fingerprint density at radius 2 is 1.67 bits per heavy atom. The fraction of sp³-hybridized carbons (Fsp3) is 0.200. The van der Waals surface area contributed by atoms with Gasteiger partial charge in [0.15, 0.2) is 0 Å². The first-order valence-electron chi connectivity index (χ1n) is 6.70. The molecular weight excluding hydrogens is 266 g/mol. The van der Waals surface area contributed by atoms with Crippen LogP contribution >= 0.6 is 0 Å². The summed E-state index contributed by atoms with van der Waals surface area (Å²) in [5.74, 6) is 0.676. The minimum Gasteiger partial charge on any atom is -0.484 e. The second-order valence-corrected chi connectivity index (χ2v) is 5.38. The van der Waals surface area contributed by atoms with Gasteiger partial charge in [0, 0.05) is 23.0 Å². The van der Waals surface area contributed by atoms with Crippen LogP contribution in [0, 0.1) is 0 Å². The number of fused-ring (bicyclic) bond motifs is 1. The van der Waals surface area contributed by atoms with E-state index < -0.39 is 0 Å². The molecule has 3 rings (SSSR count). The summed E-state index contributed by atoms with van der Waals surface area (Å²) in [7, 11) is 0. The molecule has 0 fully saturated rings. The van der Waals surface area contributed by atoms with Crippen LogP contribution in [0.3, 0.4) is 0 Å². The molecule has 1 aliphatic heterocycles. The molecule has 0 saturated carbocycles. The molecule has 6 heteroatoms. The number of rotatable bonds is 1. The molecular formula is C15H19N5O. The zero-order valence-electron chi connectivity index (χ0n) is 11.5. The van der Waals surface area contributed by atoms with Crippen molar-refractivity contribution >= 4 is 22.7 Å². The third-order valence-electron chi connectivity index (χ3n) is 3.79. The van der Waals surface area contributed by atoms with Crippen molar-refractivity contribution < 1.29 is 4.74 Å². The van der Waals surface area contributed by atoms with E-state index in [1.807, 2.05) is 6.07 Å². The van der Waals surface area contributed by atoms with E-state index in [4.69, 9.17) is 33.4 Å². The quantitative estimate of drug-likeness (QED) is 0.496. The molecule has 0 radical (unpaired) electrons. The van der Waals surface area contributed by atoms with Gasteiger partial charge in [-0.1, -0.05) is 6.07 Å². The van der Waals surface area contributed by atoms with Gasteiger partial charge in [-0.25, -0.2) is 0 Å². The maximum atomic E-state index is 6.24. The van der Waals surface area contributed by atoms with Gasteiger partial charge in [-0.05, 0) is 30.2 Å². The molecule has 110 valence electrons. The van der Waals surface area contributed by atoms with E-state index in [0.717, 1.165) is 11.1 Å². The minimum absolute atomic E-state index is 0.216. The van der Waals surface area contributed by atoms with Crippen LogP contribution in [0.25, 0.3) is 0 Å². The number of anilines is 4. The molecule has 0 aromatic heterocycles. The molecule has 6 nitrogen and oxygen atoms in total. The van der Waals surface area contributed by atoms with E-state index >= 15 is 0 Å². The summed E-state index contributed by atoms with van der Waals surface area (Å²) in [5.41, 5.74) is 33.6. The molecule has 0 aliphatic carbocycles. The lowest BCUT2D eigenvalue weighted by atomic mass is 9.92. The van der Waals surface area contributed by atoms with Crippen LogP contribution in [0.4, 0.5) is 22.7 Å². The highest BCUT2D eigenvalue weighted by atomic mass is 16.5. The summed E-state index contributed by atoms with van der Waals surface area (Å²) in [6, 6.07) is 8.69. The van der Waals surface area contributed by atoms with Crippen LogP contribution in [-0.2, 0) is 6.42 Å². The van der Waals surface area contributed by atoms with Crippen LogP contribution in [-0.4, -0.2) is 6.04 Å². The molecule has 2 aromatic rings. The SMILES string of the molecule is Nc1cc(N)c2c(c1)OC(c1ccc(N)c(N)c1)C(N)C2. The topological polar surface area (TPSA) is 139 Å². The van der Waals surface area contributed by atoms with Gasteiger partial charge in [-0.2, -0.15) is 0 Å². The average Bonchev–Trinajstić information content (AvgIpc) is 2.42. The Kier molecular flexibility index (Phi) is 3.03. The van der Waals surface area contributed by atoms with E-state index in [9.17, 15) is 0 Å². The fourth-order valence-corrected chi connectivity index (χ4v) is 2.67. The van der Waals surface area contributed by atoms with Crippen LogP contribution in [0.15, 0.2) is 30.3 Å². The Morgan fingerprint density at radius 3 is 2.38 bits per heavy atom. The van der Waals surface area contributed by atoms with Crippen molar-refractivity contribution in [2.45, 2.75) is 18.6 Å². The standard InChI is InChI=1S/C15H19N5O/c16-8-4-11(18)9-6-13(20)15(21-14(9)5-8)7-1-2-10(17)12(19)3-7/h1-5,13,15H,6,16-20H2. The van der Waals surface area contributed by atoms with E-state index in [-0.39, 0.29) is 12.1 Å². The molecule has 10 N–H and O–H groups in total. The van der Waals surface area contributed by atoms with E-state index in [0.29, 0.717) is 34.9 Å². The van der Waals surface area contributed by atoms with Crippen molar-refractivity contribution in [2.75, 3.05) is 22.9 Å². The Hall–Kier alpha value is -2.60. The Bertz CT molecular complexity index is 701. The van der Waals surface area contributed by atoms with Crippen molar-refractivity contribution in [3.63, 3.8) is 0 Å². The fourth-order valence-electron chi connectivity index (χ4n) is 2.67. The first-order valence-corrected chi connectivity index (χ1v) is 6.70. The maximum Gasteiger partial charge on any atom is 0.139 e. The molecule has 21 heavy (non-hydrogen) atoms. The van der Waals surface area contributed by atoms with Crippen molar-refractivity contribution in [1.29, 1.82) is 0 Å². The van der Waals surface area contributed by atoms with Crippen molar-refractivity contribution in [3.05, 3.63) is 41.5 Å². The first-order chi connectivity index (χ1) is 9.95. The predicted octanol–water partition coefficient (Wildman–Crippen LogP) is 1.02. The number of nitrogen functional groups attached to an aromatic ring is 4. The summed E-state index contributed by atoms with van der Waals surface area (Å²) in [6.45, 7) is 0. The normalized spacial score (nSPS) is 20.6. The first kappa shape index (κ1) is 13.4. The molecule has 1 heterocycles. The highest BCUT2D eigenvalue weighted by molar-refractivity contribution is 5.66. The second kappa shape index (κ2) is 4.75. The van der Waals surface area contributed by atoms with Gasteiger partial charge in [0.1, 0.15) is 11.9 Å². The molecule has 1 aliphatic rings. The number of ether oxygens (including phenoxy) is 1. The number of hydrogen-bond acceptors (Lipinski definition) is 6. The largest absolute Gasteiger partial charge is 0.484 e. The van der Waals surface area contributed by atoms with Crippen LogP contribution < -0.4 is 33.4 Å². The van der Waals surface area contributed by atoms with Crippen molar-refractivity contribution in [2.24, 2.45) is 5.73 Å². The number of benzene rings is 2. The van der Waals surface area contributed by atoms with Gasteiger partial charge in [0.2, 0.25) is 0 Å². The van der Waals surface area contributed by atoms with E-state index in [1.165, 1.54) is 0 Å². The monoisotopic (exact) mass is 285 g/mol. The predicted molar refractivity (Wildman–Crippen MR) is 85.6 cm³/mol. The third kappa shape index (κ3) is 2.30. The Balaban J connectivity index is 2.00. The number of hydrogen-bond donors (Lipinski definition) is 5. The van der Waals surface area contributed by atoms with Gasteiger partial charge in [0.05, 0.1) is 17.4 Å². The zero-order chi connectivity index (χ0) is 15.1. The summed E-state index contributed by atoms with van der Waals surface area (Å²) in [6.07, 6.45) is 0.317. The van der Waals surface area contributed by atoms with Crippen LogP contribution in [0.2, 0.25) is 0 Å². The Labute approximate surface area is 122 Å². The van der Waals surface area contributed by atoms with Crippen molar-refractivity contribution in [3.8, 4) is 5.75 Å². The van der Waals surface area contributed by atoms with Gasteiger partial charge < -0.3 is 33.4 Å². The van der Waals surface area contributed by atoms with Gasteiger partial charge in [-0.3, -0.25) is 0 Å². The summed E-state index contributed by atoms with van der Waals surface area (Å²) < 4.78 is 6.01.